The quantitative estimate of drug-likeness (QED) is 0.522. The number of nitrogens with one attached hydrogen (secondary N) is 2. The molecular formula is C24H33FN4O2. The Balaban J connectivity index is 1.37. The third-order valence-electron chi connectivity index (χ3n) is 6.04. The van der Waals surface area contributed by atoms with Gasteiger partial charge in [-0.15, -0.1) is 0 Å². The summed E-state index contributed by atoms with van der Waals surface area (Å²) in [7, 11) is 0. The van der Waals surface area contributed by atoms with Crippen LogP contribution in [0.4, 0.5) is 10.1 Å². The van der Waals surface area contributed by atoms with E-state index in [-0.39, 0.29) is 11.9 Å². The molecular weight excluding hydrogens is 395 g/mol. The molecule has 0 saturated carbocycles. The lowest BCUT2D eigenvalue weighted by molar-refractivity contribution is 0.187. The molecule has 7 heteroatoms. The highest BCUT2D eigenvalue weighted by Crippen LogP contribution is 2.24. The number of piperidine rings is 1. The lowest BCUT2D eigenvalue weighted by Crippen LogP contribution is -2.51. The summed E-state index contributed by atoms with van der Waals surface area (Å²) in [5.74, 6) is 2.13. The number of anilines is 1. The zero-order chi connectivity index (χ0) is 21.5. The molecule has 4 rings (SSSR count). The average molecular weight is 429 g/mol. The third-order valence-corrected chi connectivity index (χ3v) is 6.04. The summed E-state index contributed by atoms with van der Waals surface area (Å²) in [5, 5.41) is 7.12. The van der Waals surface area contributed by atoms with E-state index in [1.165, 1.54) is 0 Å². The van der Waals surface area contributed by atoms with E-state index in [1.54, 1.807) is 18.4 Å². The summed E-state index contributed by atoms with van der Waals surface area (Å²) in [6.07, 6.45) is 5.76. The number of aryl methyl sites for hydroxylation is 1. The molecule has 0 bridgehead atoms. The highest BCUT2D eigenvalue weighted by Gasteiger charge is 2.23. The minimum absolute atomic E-state index is 0.181. The van der Waals surface area contributed by atoms with Gasteiger partial charge in [0, 0.05) is 56.9 Å². The number of furan rings is 1. The number of nitrogens with zero attached hydrogens (tertiary/aromatic N) is 2. The van der Waals surface area contributed by atoms with Crippen molar-refractivity contribution in [3.05, 3.63) is 53.7 Å². The Bertz CT molecular complexity index is 849. The highest BCUT2D eigenvalue weighted by molar-refractivity contribution is 5.80. The van der Waals surface area contributed by atoms with Crippen molar-refractivity contribution in [2.24, 2.45) is 10.9 Å². The molecule has 168 valence electrons. The highest BCUT2D eigenvalue weighted by atomic mass is 19.1. The molecule has 0 radical (unpaired) electrons. The van der Waals surface area contributed by atoms with Gasteiger partial charge in [-0.3, -0.25) is 4.99 Å². The fourth-order valence-electron chi connectivity index (χ4n) is 4.34. The maximum atomic E-state index is 13.5. The first-order valence-corrected chi connectivity index (χ1v) is 11.3. The van der Waals surface area contributed by atoms with Crippen molar-refractivity contribution in [2.75, 3.05) is 44.3 Å². The van der Waals surface area contributed by atoms with Crippen molar-refractivity contribution in [2.45, 2.75) is 38.6 Å². The van der Waals surface area contributed by atoms with Gasteiger partial charge in [0.15, 0.2) is 5.96 Å². The number of guanidine groups is 1. The van der Waals surface area contributed by atoms with Crippen molar-refractivity contribution in [3.8, 4) is 0 Å². The molecule has 0 aliphatic carbocycles. The molecule has 2 unspecified atom stereocenters. The molecule has 3 heterocycles. The van der Waals surface area contributed by atoms with E-state index < -0.39 is 0 Å². The van der Waals surface area contributed by atoms with Crippen LogP contribution < -0.4 is 15.5 Å². The molecule has 2 aliphatic rings. The van der Waals surface area contributed by atoms with Crippen LogP contribution in [0.25, 0.3) is 0 Å². The van der Waals surface area contributed by atoms with Crippen LogP contribution in [0.2, 0.25) is 0 Å². The predicted molar refractivity (Wildman–Crippen MR) is 121 cm³/mol. The molecule has 2 atom stereocenters. The topological polar surface area (TPSA) is 62.0 Å². The smallest absolute Gasteiger partial charge is 0.191 e. The zero-order valence-electron chi connectivity index (χ0n) is 18.3. The number of halogens is 1. The van der Waals surface area contributed by atoms with Gasteiger partial charge in [0.2, 0.25) is 0 Å². The second-order valence-corrected chi connectivity index (χ2v) is 8.54. The lowest BCUT2D eigenvalue weighted by Gasteiger charge is -2.36. The molecule has 2 saturated heterocycles. The number of benzene rings is 1. The molecule has 0 amide bonds. The predicted octanol–water partition coefficient (Wildman–Crippen LogP) is 3.51. The number of aliphatic imine (C=N–C) groups is 1. The maximum absolute atomic E-state index is 13.5. The Hall–Kier alpha value is -2.54. The first kappa shape index (κ1) is 21.7. The normalized spacial score (nSPS) is 22.0. The maximum Gasteiger partial charge on any atom is 0.191 e. The van der Waals surface area contributed by atoms with E-state index in [9.17, 15) is 4.39 Å². The average Bonchev–Trinajstić information content (AvgIpc) is 3.46. The van der Waals surface area contributed by atoms with Crippen molar-refractivity contribution < 1.29 is 13.5 Å². The Labute approximate surface area is 183 Å². The fraction of sp³-hybridized carbons (Fsp3) is 0.542. The molecule has 2 fully saturated rings. The fourth-order valence-corrected chi connectivity index (χ4v) is 4.34. The van der Waals surface area contributed by atoms with Gasteiger partial charge in [-0.05, 0) is 62.1 Å². The van der Waals surface area contributed by atoms with E-state index in [0.29, 0.717) is 5.92 Å². The van der Waals surface area contributed by atoms with Gasteiger partial charge in [0.05, 0.1) is 12.9 Å². The van der Waals surface area contributed by atoms with Gasteiger partial charge in [0.1, 0.15) is 11.6 Å². The van der Waals surface area contributed by atoms with Gasteiger partial charge in [-0.2, -0.15) is 0 Å². The van der Waals surface area contributed by atoms with E-state index in [2.05, 4.69) is 15.5 Å². The molecule has 1 aromatic carbocycles. The zero-order valence-corrected chi connectivity index (χ0v) is 18.3. The van der Waals surface area contributed by atoms with Crippen molar-refractivity contribution in [1.82, 2.24) is 10.6 Å². The molecule has 0 spiro atoms. The summed E-state index contributed by atoms with van der Waals surface area (Å²) in [5.41, 5.74) is 2.09. The minimum Gasteiger partial charge on any atom is -0.469 e. The first-order valence-electron chi connectivity index (χ1n) is 11.3. The molecule has 6 nitrogen and oxygen atoms in total. The first-order chi connectivity index (χ1) is 15.2. The van der Waals surface area contributed by atoms with Crippen LogP contribution in [0.15, 0.2) is 46.0 Å². The second kappa shape index (κ2) is 10.7. The minimum atomic E-state index is -0.181. The van der Waals surface area contributed by atoms with E-state index in [1.807, 2.05) is 25.1 Å². The van der Waals surface area contributed by atoms with Crippen LogP contribution in [0.5, 0.6) is 0 Å². The SMILES string of the molecule is Cc1cc(F)ccc1N1CCCC(NC(=NCC2CCOC2)NCCc2ccco2)C1. The van der Waals surface area contributed by atoms with Crippen LogP contribution in [0.3, 0.4) is 0 Å². The summed E-state index contributed by atoms with van der Waals surface area (Å²) >= 11 is 0. The van der Waals surface area contributed by atoms with Crippen LogP contribution >= 0.6 is 0 Å². The van der Waals surface area contributed by atoms with E-state index in [4.69, 9.17) is 14.1 Å². The van der Waals surface area contributed by atoms with Gasteiger partial charge in [0.25, 0.3) is 0 Å². The van der Waals surface area contributed by atoms with Crippen molar-refractivity contribution >= 4 is 11.6 Å². The summed E-state index contributed by atoms with van der Waals surface area (Å²) < 4.78 is 24.5. The summed E-state index contributed by atoms with van der Waals surface area (Å²) in [6, 6.07) is 9.24. The molecule has 2 N–H and O–H groups in total. The van der Waals surface area contributed by atoms with Crippen LogP contribution in [0, 0.1) is 18.7 Å². The molecule has 2 aliphatic heterocycles. The third kappa shape index (κ3) is 6.23. The molecule has 1 aromatic heterocycles. The van der Waals surface area contributed by atoms with E-state index >= 15 is 0 Å². The Morgan fingerprint density at radius 1 is 1.29 bits per heavy atom. The largest absolute Gasteiger partial charge is 0.469 e. The second-order valence-electron chi connectivity index (χ2n) is 8.54. The van der Waals surface area contributed by atoms with Gasteiger partial charge in [-0.25, -0.2) is 4.39 Å². The Morgan fingerprint density at radius 2 is 2.23 bits per heavy atom. The van der Waals surface area contributed by atoms with Gasteiger partial charge in [-0.1, -0.05) is 0 Å². The monoisotopic (exact) mass is 428 g/mol. The Morgan fingerprint density at radius 3 is 3.00 bits per heavy atom. The van der Waals surface area contributed by atoms with Gasteiger partial charge >= 0.3 is 0 Å². The van der Waals surface area contributed by atoms with Crippen LogP contribution in [-0.2, 0) is 11.2 Å². The number of hydrogen-bond acceptors (Lipinski definition) is 4. The van der Waals surface area contributed by atoms with Crippen molar-refractivity contribution in [3.63, 3.8) is 0 Å². The standard InChI is InChI=1S/C24H33FN4O2/c1-18-14-20(25)6-7-23(18)29-11-2-4-21(16-29)28-24(27-15-19-9-13-30-17-19)26-10-8-22-5-3-12-31-22/h3,5-7,12,14,19,21H,2,4,8-11,13,15-17H2,1H3,(H2,26,27,28). The summed E-state index contributed by atoms with van der Waals surface area (Å²) in [4.78, 5) is 7.21. The lowest BCUT2D eigenvalue weighted by atomic mass is 10.0. The molecule has 2 aromatic rings. The van der Waals surface area contributed by atoms with Crippen LogP contribution in [-0.4, -0.2) is 51.4 Å². The Kier molecular flexibility index (Phi) is 7.46. The number of hydrogen-bond donors (Lipinski definition) is 2. The number of rotatable bonds is 7. The summed E-state index contributed by atoms with van der Waals surface area (Å²) in [6.45, 7) is 6.99. The van der Waals surface area contributed by atoms with Crippen molar-refractivity contribution in [1.29, 1.82) is 0 Å². The molecule has 31 heavy (non-hydrogen) atoms. The number of ether oxygens (including phenoxy) is 1. The van der Waals surface area contributed by atoms with E-state index in [0.717, 1.165) is 88.0 Å². The van der Waals surface area contributed by atoms with Crippen LogP contribution in [0.1, 0.15) is 30.6 Å². The van der Waals surface area contributed by atoms with Gasteiger partial charge < -0.3 is 24.7 Å².